The molecule has 0 rings (SSSR count). The Kier molecular flexibility index (Phi) is 6.53. The van der Waals surface area contributed by atoms with Gasteiger partial charge in [-0.25, -0.2) is 4.79 Å². The molecular weight excluding hydrogens is 186 g/mol. The van der Waals surface area contributed by atoms with Crippen LogP contribution in [0.15, 0.2) is 0 Å². The van der Waals surface area contributed by atoms with Gasteiger partial charge in [-0.15, -0.1) is 0 Å². The highest BCUT2D eigenvalue weighted by Crippen LogP contribution is 1.95. The van der Waals surface area contributed by atoms with Crippen molar-refractivity contribution in [3.63, 3.8) is 0 Å². The van der Waals surface area contributed by atoms with Crippen LogP contribution in [0, 0.1) is 5.92 Å². The van der Waals surface area contributed by atoms with Crippen molar-refractivity contribution in [3.8, 4) is 0 Å². The van der Waals surface area contributed by atoms with Gasteiger partial charge in [-0.3, -0.25) is 4.79 Å². The fraction of sp³-hybridized carbons (Fsp3) is 0.778. The molecular formula is C9H17NO4. The Morgan fingerprint density at radius 1 is 1.50 bits per heavy atom. The summed E-state index contributed by atoms with van der Waals surface area (Å²) < 4.78 is 4.68. The smallest absolute Gasteiger partial charge is 0.407 e. The third kappa shape index (κ3) is 6.28. The second-order valence-corrected chi connectivity index (χ2v) is 3.12. The summed E-state index contributed by atoms with van der Waals surface area (Å²) in [6.07, 6.45) is 1.33. The van der Waals surface area contributed by atoms with E-state index in [9.17, 15) is 9.59 Å². The van der Waals surface area contributed by atoms with Gasteiger partial charge in [0.15, 0.2) is 0 Å². The molecule has 5 heteroatoms. The molecule has 0 aromatic rings. The Hall–Kier alpha value is -1.26. The third-order valence-corrected chi connectivity index (χ3v) is 1.69. The van der Waals surface area contributed by atoms with Gasteiger partial charge in [0, 0.05) is 6.54 Å². The number of carboxylic acid groups (broad SMARTS) is 1. The van der Waals surface area contributed by atoms with Gasteiger partial charge in [0.05, 0.1) is 5.92 Å². The minimum absolute atomic E-state index is 0.0900. The quantitative estimate of drug-likeness (QED) is 0.637. The molecule has 0 saturated heterocycles. The fourth-order valence-corrected chi connectivity index (χ4v) is 0.690. The van der Waals surface area contributed by atoms with Gasteiger partial charge in [-0.05, 0) is 13.3 Å². The zero-order valence-electron chi connectivity index (χ0n) is 8.58. The van der Waals surface area contributed by atoms with Crippen LogP contribution in [0.4, 0.5) is 4.79 Å². The van der Waals surface area contributed by atoms with Gasteiger partial charge in [0.2, 0.25) is 0 Å². The van der Waals surface area contributed by atoms with Gasteiger partial charge < -0.3 is 15.2 Å². The molecule has 0 aliphatic heterocycles. The lowest BCUT2D eigenvalue weighted by Gasteiger charge is -2.08. The molecule has 0 fully saturated rings. The largest absolute Gasteiger partial charge is 0.481 e. The number of rotatable bonds is 6. The molecule has 0 heterocycles. The molecule has 82 valence electrons. The van der Waals surface area contributed by atoms with E-state index in [2.05, 4.69) is 10.1 Å². The summed E-state index contributed by atoms with van der Waals surface area (Å²) in [5, 5.41) is 11.0. The number of unbranched alkanes of at least 4 members (excludes halogenated alkanes) is 1. The number of carboxylic acids is 1. The predicted octanol–water partition coefficient (Wildman–Crippen LogP) is 1.23. The Morgan fingerprint density at radius 2 is 2.14 bits per heavy atom. The summed E-state index contributed by atoms with van der Waals surface area (Å²) in [7, 11) is 0. The molecule has 1 atom stereocenters. The maximum atomic E-state index is 10.9. The minimum Gasteiger partial charge on any atom is -0.481 e. The first-order valence-corrected chi connectivity index (χ1v) is 4.71. The summed E-state index contributed by atoms with van der Waals surface area (Å²) in [5.74, 6) is -1.63. The molecule has 0 aromatic carbocycles. The molecule has 1 unspecified atom stereocenters. The predicted molar refractivity (Wildman–Crippen MR) is 51.1 cm³/mol. The average Bonchev–Trinajstić information content (AvgIpc) is 2.14. The fourth-order valence-electron chi connectivity index (χ4n) is 0.690. The van der Waals surface area contributed by atoms with E-state index in [0.717, 1.165) is 12.8 Å². The van der Waals surface area contributed by atoms with E-state index in [0.29, 0.717) is 6.54 Å². The first-order valence-electron chi connectivity index (χ1n) is 4.71. The van der Waals surface area contributed by atoms with Crippen molar-refractivity contribution in [2.75, 3.05) is 13.2 Å². The number of carbonyl (C=O) groups is 2. The minimum atomic E-state index is -0.966. The molecule has 1 amide bonds. The van der Waals surface area contributed by atoms with E-state index < -0.39 is 18.0 Å². The number of aliphatic carboxylic acids is 1. The van der Waals surface area contributed by atoms with Crippen LogP contribution >= 0.6 is 0 Å². The summed E-state index contributed by atoms with van der Waals surface area (Å²) in [6, 6.07) is 0. The number of nitrogens with one attached hydrogen (secondary N) is 1. The molecule has 5 nitrogen and oxygen atoms in total. The second kappa shape index (κ2) is 7.17. The van der Waals surface area contributed by atoms with Crippen molar-refractivity contribution in [2.24, 2.45) is 5.92 Å². The lowest BCUT2D eigenvalue weighted by atomic mass is 10.2. The standard InChI is InChI=1S/C9H17NO4/c1-3-4-5-10-9(13)14-6-7(2)8(11)12/h7H,3-6H2,1-2H3,(H,10,13)(H,11,12). The normalized spacial score (nSPS) is 11.9. The van der Waals surface area contributed by atoms with Gasteiger partial charge in [0.25, 0.3) is 0 Å². The lowest BCUT2D eigenvalue weighted by Crippen LogP contribution is -2.28. The highest BCUT2D eigenvalue weighted by atomic mass is 16.5. The van der Waals surface area contributed by atoms with Crippen LogP contribution < -0.4 is 5.32 Å². The van der Waals surface area contributed by atoms with Crippen LogP contribution in [-0.4, -0.2) is 30.3 Å². The van der Waals surface area contributed by atoms with E-state index in [1.807, 2.05) is 6.92 Å². The molecule has 0 aromatic heterocycles. The number of carbonyl (C=O) groups excluding carboxylic acids is 1. The van der Waals surface area contributed by atoms with Crippen LogP contribution in [0.1, 0.15) is 26.7 Å². The summed E-state index contributed by atoms with van der Waals surface area (Å²) in [5.41, 5.74) is 0. The van der Waals surface area contributed by atoms with Gasteiger partial charge in [-0.1, -0.05) is 13.3 Å². The third-order valence-electron chi connectivity index (χ3n) is 1.69. The number of hydrogen-bond donors (Lipinski definition) is 2. The molecule has 0 aliphatic rings. The van der Waals surface area contributed by atoms with Crippen molar-refractivity contribution < 1.29 is 19.4 Å². The van der Waals surface area contributed by atoms with E-state index >= 15 is 0 Å². The Morgan fingerprint density at radius 3 is 2.64 bits per heavy atom. The van der Waals surface area contributed by atoms with Gasteiger partial charge in [-0.2, -0.15) is 0 Å². The maximum Gasteiger partial charge on any atom is 0.407 e. The summed E-state index contributed by atoms with van der Waals surface area (Å²) in [4.78, 5) is 21.3. The SMILES string of the molecule is CCCCNC(=O)OCC(C)C(=O)O. The highest BCUT2D eigenvalue weighted by molar-refractivity contribution is 5.71. The molecule has 0 radical (unpaired) electrons. The molecule has 2 N–H and O–H groups in total. The van der Waals surface area contributed by atoms with E-state index in [-0.39, 0.29) is 6.61 Å². The lowest BCUT2D eigenvalue weighted by molar-refractivity contribution is -0.142. The zero-order valence-corrected chi connectivity index (χ0v) is 8.58. The topological polar surface area (TPSA) is 75.6 Å². The van der Waals surface area contributed by atoms with Crippen molar-refractivity contribution in [1.82, 2.24) is 5.32 Å². The Labute approximate surface area is 83.4 Å². The number of alkyl carbamates (subject to hydrolysis) is 1. The van der Waals surface area contributed by atoms with Crippen LogP contribution in [0.2, 0.25) is 0 Å². The Balaban J connectivity index is 3.48. The van der Waals surface area contributed by atoms with E-state index in [4.69, 9.17) is 5.11 Å². The first kappa shape index (κ1) is 12.7. The molecule has 0 saturated carbocycles. The maximum absolute atomic E-state index is 10.9. The Bertz CT molecular complexity index is 193. The summed E-state index contributed by atoms with van der Waals surface area (Å²) >= 11 is 0. The van der Waals surface area contributed by atoms with Crippen molar-refractivity contribution in [3.05, 3.63) is 0 Å². The van der Waals surface area contributed by atoms with Crippen LogP contribution in [0.5, 0.6) is 0 Å². The average molecular weight is 203 g/mol. The number of ether oxygens (including phenoxy) is 1. The highest BCUT2D eigenvalue weighted by Gasteiger charge is 2.12. The van der Waals surface area contributed by atoms with Crippen LogP contribution in [-0.2, 0) is 9.53 Å². The molecule has 0 spiro atoms. The van der Waals surface area contributed by atoms with Crippen molar-refractivity contribution in [2.45, 2.75) is 26.7 Å². The van der Waals surface area contributed by atoms with E-state index in [1.54, 1.807) is 0 Å². The first-order chi connectivity index (χ1) is 6.57. The second-order valence-electron chi connectivity index (χ2n) is 3.12. The van der Waals surface area contributed by atoms with E-state index in [1.165, 1.54) is 6.92 Å². The van der Waals surface area contributed by atoms with Gasteiger partial charge in [0.1, 0.15) is 6.61 Å². The van der Waals surface area contributed by atoms with Crippen LogP contribution in [0.25, 0.3) is 0 Å². The van der Waals surface area contributed by atoms with Crippen molar-refractivity contribution >= 4 is 12.1 Å². The summed E-state index contributed by atoms with van der Waals surface area (Å²) in [6.45, 7) is 3.98. The number of amides is 1. The zero-order chi connectivity index (χ0) is 11.0. The molecule has 0 aliphatic carbocycles. The molecule has 0 bridgehead atoms. The van der Waals surface area contributed by atoms with Crippen molar-refractivity contribution in [1.29, 1.82) is 0 Å². The van der Waals surface area contributed by atoms with Gasteiger partial charge >= 0.3 is 12.1 Å². The monoisotopic (exact) mass is 203 g/mol. The number of hydrogen-bond acceptors (Lipinski definition) is 3. The molecule has 14 heavy (non-hydrogen) atoms. The van der Waals surface area contributed by atoms with Crippen LogP contribution in [0.3, 0.4) is 0 Å².